The van der Waals surface area contributed by atoms with Gasteiger partial charge >= 0.3 is 0 Å². The molecule has 0 radical (unpaired) electrons. The van der Waals surface area contributed by atoms with Crippen LogP contribution in [-0.2, 0) is 0 Å². The summed E-state index contributed by atoms with van der Waals surface area (Å²) in [4.78, 5) is 0. The molecule has 9 rings (SSSR count). The number of hydrogen-bond acceptors (Lipinski definition) is 1. The Bertz CT molecular complexity index is 2540. The highest BCUT2D eigenvalue weighted by molar-refractivity contribution is 6.10. The lowest BCUT2D eigenvalue weighted by atomic mass is 9.97. The maximum atomic E-state index is 10.1. The SMILES string of the molecule is N#Cc1cc(-c2ccc(-c3ccccc3-n3c4ccccc4c4ccccc43)cc2)cc(-n2c3ccccc3c3ccccc32)c1. The molecule has 2 aromatic heterocycles. The van der Waals surface area contributed by atoms with Gasteiger partial charge in [0.15, 0.2) is 0 Å². The molecule has 0 atom stereocenters. The van der Waals surface area contributed by atoms with Crippen LogP contribution in [0.2, 0.25) is 0 Å². The number of hydrogen-bond donors (Lipinski definition) is 0. The van der Waals surface area contributed by atoms with Crippen molar-refractivity contribution in [3.63, 3.8) is 0 Å². The highest BCUT2D eigenvalue weighted by Crippen LogP contribution is 2.38. The molecule has 2 heterocycles. The normalized spacial score (nSPS) is 11.5. The molecule has 3 nitrogen and oxygen atoms in total. The monoisotopic (exact) mass is 585 g/mol. The summed E-state index contributed by atoms with van der Waals surface area (Å²) in [6.07, 6.45) is 0. The average Bonchev–Trinajstić information content (AvgIpc) is 3.65. The van der Waals surface area contributed by atoms with Crippen molar-refractivity contribution < 1.29 is 0 Å². The Labute approximate surface area is 266 Å². The van der Waals surface area contributed by atoms with Crippen molar-refractivity contribution in [2.45, 2.75) is 0 Å². The van der Waals surface area contributed by atoms with Gasteiger partial charge in [0.1, 0.15) is 0 Å². The van der Waals surface area contributed by atoms with E-state index in [9.17, 15) is 5.26 Å². The molecule has 0 aliphatic heterocycles. The second kappa shape index (κ2) is 10.4. The Morgan fingerprint density at radius 1 is 0.391 bits per heavy atom. The molecule has 0 amide bonds. The van der Waals surface area contributed by atoms with E-state index in [1.807, 2.05) is 12.1 Å². The summed E-state index contributed by atoms with van der Waals surface area (Å²) in [6.45, 7) is 0. The van der Waals surface area contributed by atoms with E-state index in [1.54, 1.807) is 0 Å². The molecule has 3 heteroatoms. The van der Waals surface area contributed by atoms with Gasteiger partial charge in [-0.3, -0.25) is 0 Å². The van der Waals surface area contributed by atoms with Crippen LogP contribution in [0.3, 0.4) is 0 Å². The molecule has 0 spiro atoms. The first-order valence-corrected chi connectivity index (χ1v) is 15.5. The summed E-state index contributed by atoms with van der Waals surface area (Å²) in [6, 6.07) is 60.1. The van der Waals surface area contributed by atoms with Crippen molar-refractivity contribution in [2.75, 3.05) is 0 Å². The molecule has 46 heavy (non-hydrogen) atoms. The first-order valence-electron chi connectivity index (χ1n) is 15.5. The van der Waals surface area contributed by atoms with E-state index in [-0.39, 0.29) is 0 Å². The van der Waals surface area contributed by atoms with E-state index in [0.717, 1.165) is 44.7 Å². The molecule has 7 aromatic carbocycles. The zero-order valence-corrected chi connectivity index (χ0v) is 24.9. The predicted octanol–water partition coefficient (Wildman–Crippen LogP) is 11.1. The van der Waals surface area contributed by atoms with Crippen LogP contribution < -0.4 is 0 Å². The molecule has 0 fully saturated rings. The van der Waals surface area contributed by atoms with Gasteiger partial charge < -0.3 is 9.13 Å². The molecular formula is C43H27N3. The van der Waals surface area contributed by atoms with Crippen LogP contribution in [-0.4, -0.2) is 9.13 Å². The fraction of sp³-hybridized carbons (Fsp3) is 0. The summed E-state index contributed by atoms with van der Waals surface area (Å²) in [5.41, 5.74) is 11.8. The van der Waals surface area contributed by atoms with Crippen LogP contribution in [0.1, 0.15) is 5.56 Å². The van der Waals surface area contributed by atoms with Crippen LogP contribution >= 0.6 is 0 Å². The number of nitriles is 1. The van der Waals surface area contributed by atoms with Crippen LogP contribution in [0.25, 0.3) is 77.2 Å². The standard InChI is InChI=1S/C43H27N3/c44-28-29-25-32(27-33(26-29)45-40-17-7-2-12-35(40)36-13-3-8-18-41(36)45)30-21-23-31(24-22-30)34-11-1-6-16-39(34)46-42-19-9-4-14-37(42)38-15-5-10-20-43(38)46/h1-27H. The van der Waals surface area contributed by atoms with Crippen molar-refractivity contribution in [1.29, 1.82) is 5.26 Å². The van der Waals surface area contributed by atoms with Gasteiger partial charge in [-0.2, -0.15) is 5.26 Å². The fourth-order valence-electron chi connectivity index (χ4n) is 7.11. The van der Waals surface area contributed by atoms with Crippen molar-refractivity contribution in [2.24, 2.45) is 0 Å². The quantitative estimate of drug-likeness (QED) is 0.202. The van der Waals surface area contributed by atoms with E-state index < -0.39 is 0 Å². The number of para-hydroxylation sites is 5. The third-order valence-corrected chi connectivity index (χ3v) is 9.14. The summed E-state index contributed by atoms with van der Waals surface area (Å²) < 4.78 is 4.65. The van der Waals surface area contributed by atoms with Crippen LogP contribution in [0.5, 0.6) is 0 Å². The molecule has 0 N–H and O–H groups in total. The molecule has 0 unspecified atom stereocenters. The van der Waals surface area contributed by atoms with Crippen LogP contribution in [0.15, 0.2) is 164 Å². The van der Waals surface area contributed by atoms with Gasteiger partial charge in [0.25, 0.3) is 0 Å². The lowest BCUT2D eigenvalue weighted by Gasteiger charge is -2.15. The first kappa shape index (κ1) is 26.1. The zero-order chi connectivity index (χ0) is 30.6. The fourth-order valence-corrected chi connectivity index (χ4v) is 7.11. The topological polar surface area (TPSA) is 33.6 Å². The molecule has 214 valence electrons. The third-order valence-electron chi connectivity index (χ3n) is 9.14. The average molecular weight is 586 g/mol. The molecule has 0 saturated heterocycles. The summed E-state index contributed by atoms with van der Waals surface area (Å²) >= 11 is 0. The largest absolute Gasteiger partial charge is 0.309 e. The first-order chi connectivity index (χ1) is 22.8. The maximum Gasteiger partial charge on any atom is 0.0992 e. The molecule has 9 aromatic rings. The minimum Gasteiger partial charge on any atom is -0.309 e. The van der Waals surface area contributed by atoms with Crippen molar-refractivity contribution >= 4 is 43.6 Å². The Morgan fingerprint density at radius 3 is 1.39 bits per heavy atom. The lowest BCUT2D eigenvalue weighted by Crippen LogP contribution is -1.97. The van der Waals surface area contributed by atoms with E-state index >= 15 is 0 Å². The number of nitrogens with zero attached hydrogens (tertiary/aromatic N) is 3. The van der Waals surface area contributed by atoms with Crippen molar-refractivity contribution in [1.82, 2.24) is 9.13 Å². The molecule has 0 aliphatic carbocycles. The highest BCUT2D eigenvalue weighted by atomic mass is 15.0. The Hall–Kier alpha value is -6.37. The lowest BCUT2D eigenvalue weighted by molar-refractivity contribution is 1.18. The molecule has 0 aliphatic rings. The number of benzene rings is 7. The molecular weight excluding hydrogens is 558 g/mol. The van der Waals surface area contributed by atoms with Gasteiger partial charge in [0.05, 0.1) is 39.4 Å². The number of fused-ring (bicyclic) bond motifs is 6. The van der Waals surface area contributed by atoms with Crippen LogP contribution in [0, 0.1) is 11.3 Å². The maximum absolute atomic E-state index is 10.1. The van der Waals surface area contributed by atoms with Crippen molar-refractivity contribution in [3.05, 3.63) is 169 Å². The summed E-state index contributed by atoms with van der Waals surface area (Å²) in [5, 5.41) is 15.0. The number of rotatable bonds is 4. The Kier molecular flexibility index (Phi) is 5.88. The second-order valence-corrected chi connectivity index (χ2v) is 11.7. The summed E-state index contributed by atoms with van der Waals surface area (Å²) in [5.74, 6) is 0. The Morgan fingerprint density at radius 2 is 0.848 bits per heavy atom. The minimum absolute atomic E-state index is 0.634. The van der Waals surface area contributed by atoms with Gasteiger partial charge in [0.2, 0.25) is 0 Å². The Balaban J connectivity index is 1.17. The minimum atomic E-state index is 0.634. The van der Waals surface area contributed by atoms with Gasteiger partial charge in [-0.1, -0.05) is 115 Å². The van der Waals surface area contributed by atoms with E-state index in [0.29, 0.717) is 5.56 Å². The molecule has 0 saturated carbocycles. The summed E-state index contributed by atoms with van der Waals surface area (Å²) in [7, 11) is 0. The zero-order valence-electron chi connectivity index (χ0n) is 24.9. The highest BCUT2D eigenvalue weighted by Gasteiger charge is 2.16. The van der Waals surface area contributed by atoms with Gasteiger partial charge in [0, 0.05) is 32.8 Å². The van der Waals surface area contributed by atoms with Crippen LogP contribution in [0.4, 0.5) is 0 Å². The van der Waals surface area contributed by atoms with Gasteiger partial charge in [-0.25, -0.2) is 0 Å². The molecule has 0 bridgehead atoms. The van der Waals surface area contributed by atoms with E-state index in [2.05, 4.69) is 167 Å². The van der Waals surface area contributed by atoms with E-state index in [4.69, 9.17) is 0 Å². The smallest absolute Gasteiger partial charge is 0.0992 e. The van der Waals surface area contributed by atoms with Gasteiger partial charge in [-0.05, 0) is 65.2 Å². The van der Waals surface area contributed by atoms with E-state index in [1.165, 1.54) is 32.6 Å². The number of aromatic nitrogens is 2. The predicted molar refractivity (Wildman–Crippen MR) is 191 cm³/mol. The van der Waals surface area contributed by atoms with Gasteiger partial charge in [-0.15, -0.1) is 0 Å². The third kappa shape index (κ3) is 3.98. The second-order valence-electron chi connectivity index (χ2n) is 11.7. The van der Waals surface area contributed by atoms with Crippen molar-refractivity contribution in [3.8, 4) is 39.7 Å².